The summed E-state index contributed by atoms with van der Waals surface area (Å²) in [5.74, 6) is 0.457. The Bertz CT molecular complexity index is 169. The van der Waals surface area contributed by atoms with Crippen LogP contribution in [0.25, 0.3) is 0 Å². The van der Waals surface area contributed by atoms with Crippen molar-refractivity contribution in [3.63, 3.8) is 0 Å². The number of rotatable bonds is 1. The summed E-state index contributed by atoms with van der Waals surface area (Å²) in [6.45, 7) is 0. The molecule has 0 aromatic heterocycles. The maximum Gasteiger partial charge on any atom is 0.221 e. The summed E-state index contributed by atoms with van der Waals surface area (Å²) in [5, 5.41) is 2.55. The highest BCUT2D eigenvalue weighted by atomic mass is 32.1. The van der Waals surface area contributed by atoms with E-state index in [2.05, 4.69) is 17.9 Å². The van der Waals surface area contributed by atoms with Crippen LogP contribution in [0.2, 0.25) is 0 Å². The van der Waals surface area contributed by atoms with Crippen molar-refractivity contribution in [3.8, 4) is 0 Å². The van der Waals surface area contributed by atoms with Crippen molar-refractivity contribution >= 4 is 24.3 Å². The number of piperidine rings is 1. The molecular formula is C6H9NO2S. The Labute approximate surface area is 64.6 Å². The normalized spacial score (nSPS) is 26.3. The second-order valence-electron chi connectivity index (χ2n) is 2.27. The molecule has 0 saturated carbocycles. The Balaban J connectivity index is 2.53. The van der Waals surface area contributed by atoms with Gasteiger partial charge in [0.15, 0.2) is 5.78 Å². The lowest BCUT2D eigenvalue weighted by Crippen LogP contribution is -2.46. The summed E-state index contributed by atoms with van der Waals surface area (Å²) in [6, 6.07) is -0.343. The Kier molecular flexibility index (Phi) is 2.32. The topological polar surface area (TPSA) is 46.2 Å². The molecule has 0 bridgehead atoms. The van der Waals surface area contributed by atoms with E-state index in [0.29, 0.717) is 18.6 Å². The minimum atomic E-state index is -0.343. The van der Waals surface area contributed by atoms with Crippen molar-refractivity contribution in [2.75, 3.05) is 5.75 Å². The fourth-order valence-electron chi connectivity index (χ4n) is 0.905. The molecule has 0 aromatic carbocycles. The molecule has 1 saturated heterocycles. The van der Waals surface area contributed by atoms with Crippen LogP contribution in [0.5, 0.6) is 0 Å². The first-order chi connectivity index (χ1) is 4.74. The van der Waals surface area contributed by atoms with E-state index in [-0.39, 0.29) is 17.7 Å². The van der Waals surface area contributed by atoms with Gasteiger partial charge in [-0.05, 0) is 0 Å². The number of carbonyl (C=O) groups excluding carboxylic acids is 2. The molecule has 0 spiro atoms. The zero-order valence-corrected chi connectivity index (χ0v) is 6.36. The van der Waals surface area contributed by atoms with Crippen molar-refractivity contribution < 1.29 is 9.59 Å². The van der Waals surface area contributed by atoms with Gasteiger partial charge in [0.05, 0.1) is 6.04 Å². The Morgan fingerprint density at radius 2 is 2.20 bits per heavy atom. The predicted molar refractivity (Wildman–Crippen MR) is 40.0 cm³/mol. The van der Waals surface area contributed by atoms with E-state index < -0.39 is 0 Å². The van der Waals surface area contributed by atoms with Gasteiger partial charge in [-0.15, -0.1) is 0 Å². The average molecular weight is 159 g/mol. The van der Waals surface area contributed by atoms with Gasteiger partial charge in [0.2, 0.25) is 5.91 Å². The van der Waals surface area contributed by atoms with Crippen LogP contribution < -0.4 is 5.32 Å². The van der Waals surface area contributed by atoms with Crippen molar-refractivity contribution in [2.45, 2.75) is 18.9 Å². The number of nitrogens with one attached hydrogen (secondary N) is 1. The fraction of sp³-hybridized carbons (Fsp3) is 0.667. The lowest BCUT2D eigenvalue weighted by Gasteiger charge is -2.19. The van der Waals surface area contributed by atoms with Gasteiger partial charge in [-0.25, -0.2) is 0 Å². The molecule has 4 heteroatoms. The first kappa shape index (κ1) is 7.60. The summed E-state index contributed by atoms with van der Waals surface area (Å²) in [7, 11) is 0. The molecule has 1 N–H and O–H groups in total. The van der Waals surface area contributed by atoms with Crippen LogP contribution >= 0.6 is 12.6 Å². The molecular weight excluding hydrogens is 150 g/mol. The zero-order valence-electron chi connectivity index (χ0n) is 5.46. The van der Waals surface area contributed by atoms with Gasteiger partial charge in [-0.3, -0.25) is 9.59 Å². The van der Waals surface area contributed by atoms with Crippen molar-refractivity contribution in [1.82, 2.24) is 5.32 Å². The largest absolute Gasteiger partial charge is 0.345 e. The Morgan fingerprint density at radius 1 is 1.50 bits per heavy atom. The van der Waals surface area contributed by atoms with Gasteiger partial charge < -0.3 is 5.32 Å². The monoisotopic (exact) mass is 159 g/mol. The molecule has 1 amide bonds. The molecule has 1 aliphatic heterocycles. The third kappa shape index (κ3) is 1.50. The summed E-state index contributed by atoms with van der Waals surface area (Å²) in [4.78, 5) is 21.6. The van der Waals surface area contributed by atoms with Crippen LogP contribution in [0.1, 0.15) is 12.8 Å². The van der Waals surface area contributed by atoms with E-state index in [0.717, 1.165) is 0 Å². The Hall–Kier alpha value is -0.510. The lowest BCUT2D eigenvalue weighted by molar-refractivity contribution is -0.132. The van der Waals surface area contributed by atoms with Gasteiger partial charge in [-0.2, -0.15) is 12.6 Å². The van der Waals surface area contributed by atoms with E-state index in [1.807, 2.05) is 0 Å². The van der Waals surface area contributed by atoms with Gasteiger partial charge in [0.1, 0.15) is 0 Å². The van der Waals surface area contributed by atoms with Gasteiger partial charge >= 0.3 is 0 Å². The smallest absolute Gasteiger partial charge is 0.221 e. The summed E-state index contributed by atoms with van der Waals surface area (Å²) in [5.41, 5.74) is 0. The maximum absolute atomic E-state index is 10.9. The molecule has 0 aromatic rings. The Morgan fingerprint density at radius 3 is 2.70 bits per heavy atom. The first-order valence-corrected chi connectivity index (χ1v) is 3.80. The zero-order chi connectivity index (χ0) is 7.56. The molecule has 1 atom stereocenters. The number of amides is 1. The molecule has 0 aliphatic carbocycles. The van der Waals surface area contributed by atoms with Crippen LogP contribution in [0, 0.1) is 0 Å². The first-order valence-electron chi connectivity index (χ1n) is 3.17. The van der Waals surface area contributed by atoms with Crippen LogP contribution in [0.4, 0.5) is 0 Å². The van der Waals surface area contributed by atoms with Gasteiger partial charge in [-0.1, -0.05) is 0 Å². The third-order valence-corrected chi connectivity index (χ3v) is 1.87. The molecule has 1 fully saturated rings. The number of Topliss-reactive ketones (excluding diaryl/α,β-unsaturated/α-hetero) is 1. The molecule has 56 valence electrons. The molecule has 10 heavy (non-hydrogen) atoms. The van der Waals surface area contributed by atoms with Crippen molar-refractivity contribution in [1.29, 1.82) is 0 Å². The van der Waals surface area contributed by atoms with E-state index in [1.165, 1.54) is 0 Å². The van der Waals surface area contributed by atoms with Crippen LogP contribution in [-0.4, -0.2) is 23.5 Å². The highest BCUT2D eigenvalue weighted by Crippen LogP contribution is 2.04. The van der Waals surface area contributed by atoms with Crippen molar-refractivity contribution in [2.24, 2.45) is 0 Å². The van der Waals surface area contributed by atoms with Gasteiger partial charge in [0.25, 0.3) is 0 Å². The predicted octanol–water partition coefficient (Wildman–Crippen LogP) is -0.236. The maximum atomic E-state index is 10.9. The molecule has 1 aliphatic rings. The molecule has 1 rings (SSSR count). The van der Waals surface area contributed by atoms with E-state index >= 15 is 0 Å². The highest BCUT2D eigenvalue weighted by molar-refractivity contribution is 7.80. The van der Waals surface area contributed by atoms with Crippen molar-refractivity contribution in [3.05, 3.63) is 0 Å². The number of hydrogen-bond donors (Lipinski definition) is 2. The number of carbonyl (C=O) groups is 2. The molecule has 0 radical (unpaired) electrons. The fourth-order valence-corrected chi connectivity index (χ4v) is 1.20. The third-order valence-electron chi connectivity index (χ3n) is 1.50. The second kappa shape index (κ2) is 3.05. The van der Waals surface area contributed by atoms with E-state index in [9.17, 15) is 9.59 Å². The van der Waals surface area contributed by atoms with E-state index in [1.54, 1.807) is 0 Å². The summed E-state index contributed by atoms with van der Waals surface area (Å²) < 4.78 is 0. The van der Waals surface area contributed by atoms with Gasteiger partial charge in [0, 0.05) is 18.6 Å². The molecule has 1 unspecified atom stereocenters. The molecule has 3 nitrogen and oxygen atoms in total. The van der Waals surface area contributed by atoms with Crippen LogP contribution in [0.15, 0.2) is 0 Å². The standard InChI is InChI=1S/C6H9NO2S/c8-5-1-2-6(9)7-4(5)3-10/h4,10H,1-3H2,(H,7,9). The quantitative estimate of drug-likeness (QED) is 0.519. The van der Waals surface area contributed by atoms with Crippen LogP contribution in [-0.2, 0) is 9.59 Å². The minimum absolute atomic E-state index is 0.0429. The second-order valence-corrected chi connectivity index (χ2v) is 2.63. The summed E-state index contributed by atoms with van der Waals surface area (Å²) in [6.07, 6.45) is 0.709. The lowest BCUT2D eigenvalue weighted by atomic mass is 10.0. The molecule has 1 heterocycles. The van der Waals surface area contributed by atoms with Crippen LogP contribution in [0.3, 0.4) is 0 Å². The SMILES string of the molecule is O=C1CCC(=O)C(CS)N1. The number of ketones is 1. The number of thiol groups is 1. The minimum Gasteiger partial charge on any atom is -0.345 e. The summed E-state index contributed by atoms with van der Waals surface area (Å²) >= 11 is 3.93. The average Bonchev–Trinajstić information content (AvgIpc) is 1.94. The van der Waals surface area contributed by atoms with E-state index in [4.69, 9.17) is 0 Å². The highest BCUT2D eigenvalue weighted by Gasteiger charge is 2.24. The number of hydrogen-bond acceptors (Lipinski definition) is 3.